The van der Waals surface area contributed by atoms with Crippen molar-refractivity contribution in [3.05, 3.63) is 29.8 Å². The van der Waals surface area contributed by atoms with Crippen LogP contribution >= 0.6 is 0 Å². The molecule has 0 saturated carbocycles. The van der Waals surface area contributed by atoms with Crippen LogP contribution < -0.4 is 4.74 Å². The molecule has 2 saturated heterocycles. The second kappa shape index (κ2) is 9.11. The molecule has 2 aliphatic rings. The number of benzene rings is 1. The molecule has 1 aromatic carbocycles. The van der Waals surface area contributed by atoms with E-state index in [2.05, 4.69) is 11.8 Å². The molecule has 1 unspecified atom stereocenters. The third kappa shape index (κ3) is 5.98. The lowest BCUT2D eigenvalue weighted by atomic mass is 10.1. The molecule has 0 aliphatic carbocycles. The van der Waals surface area contributed by atoms with Gasteiger partial charge in [0.1, 0.15) is 5.75 Å². The fourth-order valence-electron chi connectivity index (χ4n) is 3.87. The van der Waals surface area contributed by atoms with E-state index in [4.69, 9.17) is 4.74 Å². The maximum atomic E-state index is 13.2. The van der Waals surface area contributed by atoms with E-state index in [0.717, 1.165) is 13.0 Å². The first kappa shape index (κ1) is 20.2. The minimum absolute atomic E-state index is 0.0449. The number of carbonyl (C=O) groups excluding carboxylic acids is 1. The molecule has 2 fully saturated rings. The molecule has 0 radical (unpaired) electrons. The number of halogens is 2. The molecule has 1 aromatic rings. The van der Waals surface area contributed by atoms with Crippen molar-refractivity contribution in [3.63, 3.8) is 0 Å². The first-order chi connectivity index (χ1) is 12.9. The van der Waals surface area contributed by atoms with E-state index >= 15 is 0 Å². The summed E-state index contributed by atoms with van der Waals surface area (Å²) in [5.41, 5.74) is 0.581. The van der Waals surface area contributed by atoms with Crippen molar-refractivity contribution >= 4 is 5.78 Å². The quantitative estimate of drug-likeness (QED) is 0.507. The van der Waals surface area contributed by atoms with Gasteiger partial charge < -0.3 is 9.64 Å². The number of alkyl halides is 2. The number of ketones is 1. The summed E-state index contributed by atoms with van der Waals surface area (Å²) in [7, 11) is 0. The van der Waals surface area contributed by atoms with Crippen molar-refractivity contribution < 1.29 is 18.3 Å². The van der Waals surface area contributed by atoms with Crippen LogP contribution in [0, 0.1) is 0 Å². The lowest BCUT2D eigenvalue weighted by Crippen LogP contribution is -2.41. The molecule has 0 N–H and O–H groups in total. The summed E-state index contributed by atoms with van der Waals surface area (Å²) in [5, 5.41) is 0. The molecule has 6 heteroatoms. The van der Waals surface area contributed by atoms with Crippen LogP contribution in [0.15, 0.2) is 24.3 Å². The van der Waals surface area contributed by atoms with E-state index in [1.165, 1.54) is 19.4 Å². The maximum Gasteiger partial charge on any atom is 0.250 e. The van der Waals surface area contributed by atoms with Crippen LogP contribution in [0.3, 0.4) is 0 Å². The zero-order valence-electron chi connectivity index (χ0n) is 16.1. The molecule has 2 heterocycles. The highest BCUT2D eigenvalue weighted by Crippen LogP contribution is 2.27. The Labute approximate surface area is 160 Å². The topological polar surface area (TPSA) is 32.8 Å². The standard InChI is InChI=1S/C21H30F2N2O2/c1-17-5-3-10-25(17)11-4-14-27-19-7-2-6-18(15-19)20(26)16-24-12-8-21(22,23)9-13-24/h2,6-7,15,17H,3-5,8-14,16H2,1H3. The van der Waals surface area contributed by atoms with Gasteiger partial charge in [-0.2, -0.15) is 0 Å². The van der Waals surface area contributed by atoms with Gasteiger partial charge in [0.25, 0.3) is 5.92 Å². The largest absolute Gasteiger partial charge is 0.494 e. The number of hydrogen-bond acceptors (Lipinski definition) is 4. The molecule has 150 valence electrons. The van der Waals surface area contributed by atoms with Crippen LogP contribution in [-0.4, -0.2) is 66.9 Å². The van der Waals surface area contributed by atoms with Crippen molar-refractivity contribution in [2.75, 3.05) is 39.3 Å². The first-order valence-electron chi connectivity index (χ1n) is 10.0. The Kier molecular flexibility index (Phi) is 6.82. The zero-order chi connectivity index (χ0) is 19.3. The Morgan fingerprint density at radius 1 is 1.26 bits per heavy atom. The number of carbonyl (C=O) groups is 1. The smallest absolute Gasteiger partial charge is 0.250 e. The third-order valence-corrected chi connectivity index (χ3v) is 5.66. The average molecular weight is 380 g/mol. The Bertz CT molecular complexity index is 628. The van der Waals surface area contributed by atoms with Crippen molar-refractivity contribution in [3.8, 4) is 5.75 Å². The average Bonchev–Trinajstić information content (AvgIpc) is 3.06. The van der Waals surface area contributed by atoms with Gasteiger partial charge >= 0.3 is 0 Å². The molecule has 0 aromatic heterocycles. The zero-order valence-corrected chi connectivity index (χ0v) is 16.1. The van der Waals surface area contributed by atoms with Crippen molar-refractivity contribution in [1.82, 2.24) is 9.80 Å². The summed E-state index contributed by atoms with van der Waals surface area (Å²) in [6.45, 7) is 5.83. The van der Waals surface area contributed by atoms with Gasteiger partial charge in [-0.3, -0.25) is 9.69 Å². The lowest BCUT2D eigenvalue weighted by molar-refractivity contribution is -0.0536. The van der Waals surface area contributed by atoms with E-state index < -0.39 is 5.92 Å². The third-order valence-electron chi connectivity index (χ3n) is 5.66. The van der Waals surface area contributed by atoms with Crippen LogP contribution in [-0.2, 0) is 0 Å². The lowest BCUT2D eigenvalue weighted by Gasteiger charge is -2.31. The number of piperidine rings is 1. The van der Waals surface area contributed by atoms with Gasteiger partial charge in [0.15, 0.2) is 5.78 Å². The summed E-state index contributed by atoms with van der Waals surface area (Å²) in [6.07, 6.45) is 3.18. The summed E-state index contributed by atoms with van der Waals surface area (Å²) >= 11 is 0. The van der Waals surface area contributed by atoms with Crippen LogP contribution in [0.4, 0.5) is 8.78 Å². The second-order valence-electron chi connectivity index (χ2n) is 7.81. The molecular weight excluding hydrogens is 350 g/mol. The number of hydrogen-bond donors (Lipinski definition) is 0. The number of rotatable bonds is 8. The SMILES string of the molecule is CC1CCCN1CCCOc1cccc(C(=O)CN2CCC(F)(F)CC2)c1. The van der Waals surface area contributed by atoms with Gasteiger partial charge in [-0.15, -0.1) is 0 Å². The number of likely N-dealkylation sites (tertiary alicyclic amines) is 2. The molecule has 1 atom stereocenters. The summed E-state index contributed by atoms with van der Waals surface area (Å²) in [5.74, 6) is -1.93. The van der Waals surface area contributed by atoms with Gasteiger partial charge in [0.2, 0.25) is 0 Å². The number of nitrogens with zero attached hydrogens (tertiary/aromatic N) is 2. The Hall–Kier alpha value is -1.53. The van der Waals surface area contributed by atoms with E-state index in [-0.39, 0.29) is 38.3 Å². The van der Waals surface area contributed by atoms with Crippen molar-refractivity contribution in [2.24, 2.45) is 0 Å². The van der Waals surface area contributed by atoms with Gasteiger partial charge in [0, 0.05) is 44.1 Å². The summed E-state index contributed by atoms with van der Waals surface area (Å²) < 4.78 is 32.3. The Balaban J connectivity index is 1.43. The van der Waals surface area contributed by atoms with Gasteiger partial charge in [-0.25, -0.2) is 8.78 Å². The Morgan fingerprint density at radius 2 is 2.04 bits per heavy atom. The molecule has 27 heavy (non-hydrogen) atoms. The maximum absolute atomic E-state index is 13.2. The van der Waals surface area contributed by atoms with Crippen LogP contribution in [0.2, 0.25) is 0 Å². The van der Waals surface area contributed by atoms with E-state index in [0.29, 0.717) is 24.0 Å². The van der Waals surface area contributed by atoms with Crippen LogP contribution in [0.5, 0.6) is 5.75 Å². The number of Topliss-reactive ketones (excluding diaryl/α,β-unsaturated/α-hetero) is 1. The molecule has 0 amide bonds. The minimum atomic E-state index is -2.58. The minimum Gasteiger partial charge on any atom is -0.494 e. The predicted octanol–water partition coefficient (Wildman–Crippen LogP) is 3.85. The fourth-order valence-corrected chi connectivity index (χ4v) is 3.87. The predicted molar refractivity (Wildman–Crippen MR) is 102 cm³/mol. The van der Waals surface area contributed by atoms with Gasteiger partial charge in [0.05, 0.1) is 13.2 Å². The van der Waals surface area contributed by atoms with Crippen LogP contribution in [0.1, 0.15) is 49.4 Å². The second-order valence-corrected chi connectivity index (χ2v) is 7.81. The normalized spacial score (nSPS) is 23.4. The monoisotopic (exact) mass is 380 g/mol. The molecule has 0 bridgehead atoms. The van der Waals surface area contributed by atoms with Gasteiger partial charge in [-0.05, 0) is 44.9 Å². The van der Waals surface area contributed by atoms with Crippen molar-refractivity contribution in [1.29, 1.82) is 0 Å². The van der Waals surface area contributed by atoms with Gasteiger partial charge in [-0.1, -0.05) is 12.1 Å². The fraction of sp³-hybridized carbons (Fsp3) is 0.667. The molecule has 2 aliphatic heterocycles. The highest BCUT2D eigenvalue weighted by atomic mass is 19.3. The molecule has 0 spiro atoms. The summed E-state index contributed by atoms with van der Waals surface area (Å²) in [4.78, 5) is 16.8. The van der Waals surface area contributed by atoms with E-state index in [1.54, 1.807) is 12.1 Å². The highest BCUT2D eigenvalue weighted by Gasteiger charge is 2.34. The van der Waals surface area contributed by atoms with E-state index in [1.807, 2.05) is 17.0 Å². The molecular formula is C21H30F2N2O2. The first-order valence-corrected chi connectivity index (χ1v) is 10.0. The van der Waals surface area contributed by atoms with Crippen molar-refractivity contribution in [2.45, 2.75) is 51.0 Å². The summed E-state index contributed by atoms with van der Waals surface area (Å²) in [6, 6.07) is 7.87. The molecule has 3 rings (SSSR count). The number of ether oxygens (including phenoxy) is 1. The molecule has 4 nitrogen and oxygen atoms in total. The highest BCUT2D eigenvalue weighted by molar-refractivity contribution is 5.97. The van der Waals surface area contributed by atoms with E-state index in [9.17, 15) is 13.6 Å². The van der Waals surface area contributed by atoms with Crippen LogP contribution in [0.25, 0.3) is 0 Å². The Morgan fingerprint density at radius 3 is 2.74 bits per heavy atom.